The molecule has 2 amide bonds. The highest BCUT2D eigenvalue weighted by Crippen LogP contribution is 2.37. The van der Waals surface area contributed by atoms with Crippen LogP contribution in [-0.2, 0) is 4.79 Å². The summed E-state index contributed by atoms with van der Waals surface area (Å²) in [5.41, 5.74) is 0. The molecule has 1 aliphatic carbocycles. The standard InChI is InChI=1S/C8H12F2N2O3/c1-4(11-7(14)15)6(13)12-5-2-8(9,10)3-5/h4-5,11H,2-3H2,1H3,(H,12,13)(H,14,15). The van der Waals surface area contributed by atoms with Crippen LogP contribution in [0.4, 0.5) is 13.6 Å². The molecule has 15 heavy (non-hydrogen) atoms. The van der Waals surface area contributed by atoms with Gasteiger partial charge in [-0.2, -0.15) is 0 Å². The average Bonchev–Trinajstić information content (AvgIpc) is 1.99. The van der Waals surface area contributed by atoms with E-state index in [1.165, 1.54) is 6.92 Å². The van der Waals surface area contributed by atoms with Gasteiger partial charge < -0.3 is 15.7 Å². The van der Waals surface area contributed by atoms with Crippen LogP contribution in [0.1, 0.15) is 19.8 Å². The van der Waals surface area contributed by atoms with Crippen molar-refractivity contribution in [3.63, 3.8) is 0 Å². The predicted molar refractivity (Wildman–Crippen MR) is 46.7 cm³/mol. The van der Waals surface area contributed by atoms with Crippen molar-refractivity contribution in [2.45, 2.75) is 37.8 Å². The molecule has 1 rings (SSSR count). The van der Waals surface area contributed by atoms with Crippen LogP contribution in [0, 0.1) is 0 Å². The maximum absolute atomic E-state index is 12.4. The van der Waals surface area contributed by atoms with Crippen LogP contribution >= 0.6 is 0 Å². The quantitative estimate of drug-likeness (QED) is 0.652. The number of halogens is 2. The summed E-state index contributed by atoms with van der Waals surface area (Å²) in [6, 6.07) is -1.48. The van der Waals surface area contributed by atoms with Gasteiger partial charge in [-0.1, -0.05) is 0 Å². The zero-order chi connectivity index (χ0) is 11.6. The number of rotatable bonds is 3. The molecule has 0 aromatic heterocycles. The SMILES string of the molecule is CC(NC(=O)O)C(=O)NC1CC(F)(F)C1. The Kier molecular flexibility index (Phi) is 3.11. The highest BCUT2D eigenvalue weighted by molar-refractivity contribution is 5.85. The molecule has 0 saturated heterocycles. The van der Waals surface area contributed by atoms with Gasteiger partial charge in [-0.15, -0.1) is 0 Å². The number of hydrogen-bond acceptors (Lipinski definition) is 2. The van der Waals surface area contributed by atoms with Crippen LogP contribution in [0.3, 0.4) is 0 Å². The maximum atomic E-state index is 12.4. The van der Waals surface area contributed by atoms with E-state index < -0.39 is 30.0 Å². The second-order valence-electron chi connectivity index (χ2n) is 3.64. The van der Waals surface area contributed by atoms with Gasteiger partial charge in [0.05, 0.1) is 0 Å². The summed E-state index contributed by atoms with van der Waals surface area (Å²) in [4.78, 5) is 21.4. The number of nitrogens with one attached hydrogen (secondary N) is 2. The topological polar surface area (TPSA) is 78.4 Å². The van der Waals surface area contributed by atoms with E-state index in [0.29, 0.717) is 0 Å². The normalized spacial score (nSPS) is 21.3. The molecule has 0 radical (unpaired) electrons. The van der Waals surface area contributed by atoms with E-state index in [1.807, 2.05) is 5.32 Å². The van der Waals surface area contributed by atoms with Gasteiger partial charge in [0, 0.05) is 18.9 Å². The Morgan fingerprint density at radius 3 is 2.40 bits per heavy atom. The fourth-order valence-electron chi connectivity index (χ4n) is 1.34. The number of hydrogen-bond donors (Lipinski definition) is 3. The summed E-state index contributed by atoms with van der Waals surface area (Å²) in [5.74, 6) is -3.28. The number of carbonyl (C=O) groups excluding carboxylic acids is 1. The van der Waals surface area contributed by atoms with E-state index in [-0.39, 0.29) is 12.8 Å². The molecular weight excluding hydrogens is 210 g/mol. The van der Waals surface area contributed by atoms with Gasteiger partial charge in [-0.25, -0.2) is 13.6 Å². The van der Waals surface area contributed by atoms with E-state index in [4.69, 9.17) is 5.11 Å². The zero-order valence-electron chi connectivity index (χ0n) is 8.09. The zero-order valence-corrected chi connectivity index (χ0v) is 8.09. The van der Waals surface area contributed by atoms with Crippen molar-refractivity contribution in [3.8, 4) is 0 Å². The minimum atomic E-state index is -2.69. The van der Waals surface area contributed by atoms with Crippen molar-refractivity contribution in [1.29, 1.82) is 0 Å². The second-order valence-corrected chi connectivity index (χ2v) is 3.64. The summed E-state index contributed by atoms with van der Waals surface area (Å²) in [7, 11) is 0. The smallest absolute Gasteiger partial charge is 0.405 e. The van der Waals surface area contributed by atoms with Gasteiger partial charge in [0.1, 0.15) is 6.04 Å². The van der Waals surface area contributed by atoms with Crippen LogP contribution in [0.25, 0.3) is 0 Å². The van der Waals surface area contributed by atoms with Crippen molar-refractivity contribution in [2.75, 3.05) is 0 Å². The highest BCUT2D eigenvalue weighted by Gasteiger charge is 2.46. The molecule has 1 fully saturated rings. The van der Waals surface area contributed by atoms with Crippen molar-refractivity contribution in [2.24, 2.45) is 0 Å². The summed E-state index contributed by atoms with van der Waals surface area (Å²) in [6.45, 7) is 1.35. The van der Waals surface area contributed by atoms with Crippen LogP contribution in [-0.4, -0.2) is 35.1 Å². The first-order valence-corrected chi connectivity index (χ1v) is 4.48. The summed E-state index contributed by atoms with van der Waals surface area (Å²) >= 11 is 0. The van der Waals surface area contributed by atoms with Crippen LogP contribution in [0.15, 0.2) is 0 Å². The van der Waals surface area contributed by atoms with E-state index in [1.54, 1.807) is 0 Å². The number of carboxylic acid groups (broad SMARTS) is 1. The fraction of sp³-hybridized carbons (Fsp3) is 0.750. The Hall–Kier alpha value is -1.40. The van der Waals surface area contributed by atoms with E-state index in [0.717, 1.165) is 0 Å². The lowest BCUT2D eigenvalue weighted by Gasteiger charge is -2.35. The van der Waals surface area contributed by atoms with Gasteiger partial charge in [0.15, 0.2) is 0 Å². The van der Waals surface area contributed by atoms with Gasteiger partial charge in [-0.05, 0) is 6.92 Å². The Morgan fingerprint density at radius 1 is 1.47 bits per heavy atom. The number of carbonyl (C=O) groups is 2. The molecule has 1 aliphatic rings. The first-order valence-electron chi connectivity index (χ1n) is 4.48. The van der Waals surface area contributed by atoms with Gasteiger partial charge in [0.2, 0.25) is 5.91 Å². The molecule has 86 valence electrons. The third kappa shape index (κ3) is 3.34. The predicted octanol–water partition coefficient (Wildman–Crippen LogP) is 0.556. The first-order chi connectivity index (χ1) is 6.80. The Balaban J connectivity index is 2.28. The molecular formula is C8H12F2N2O3. The van der Waals surface area contributed by atoms with Crippen molar-refractivity contribution < 1.29 is 23.5 Å². The second kappa shape index (κ2) is 4.00. The molecule has 0 aromatic rings. The summed E-state index contributed by atoms with van der Waals surface area (Å²) in [6.07, 6.45) is -2.08. The molecule has 3 N–H and O–H groups in total. The van der Waals surface area contributed by atoms with Gasteiger partial charge in [-0.3, -0.25) is 4.79 Å². The van der Waals surface area contributed by atoms with Gasteiger partial charge in [0.25, 0.3) is 5.92 Å². The minimum absolute atomic E-state index is 0.376. The van der Waals surface area contributed by atoms with E-state index >= 15 is 0 Å². The average molecular weight is 222 g/mol. The fourth-order valence-corrected chi connectivity index (χ4v) is 1.34. The van der Waals surface area contributed by atoms with Gasteiger partial charge >= 0.3 is 6.09 Å². The minimum Gasteiger partial charge on any atom is -0.465 e. The molecule has 7 heteroatoms. The Morgan fingerprint density at radius 2 is 2.00 bits per heavy atom. The molecule has 5 nitrogen and oxygen atoms in total. The number of amides is 2. The maximum Gasteiger partial charge on any atom is 0.405 e. The molecule has 0 aromatic carbocycles. The van der Waals surface area contributed by atoms with E-state index in [9.17, 15) is 18.4 Å². The van der Waals surface area contributed by atoms with Crippen LogP contribution in [0.5, 0.6) is 0 Å². The first kappa shape index (κ1) is 11.7. The molecule has 0 heterocycles. The lowest BCUT2D eigenvalue weighted by molar-refractivity contribution is -0.130. The Bertz CT molecular complexity index is 275. The third-order valence-corrected chi connectivity index (χ3v) is 2.17. The highest BCUT2D eigenvalue weighted by atomic mass is 19.3. The molecule has 1 saturated carbocycles. The molecule has 1 unspecified atom stereocenters. The lowest BCUT2D eigenvalue weighted by Crippen LogP contribution is -2.54. The third-order valence-electron chi connectivity index (χ3n) is 2.17. The summed E-state index contributed by atoms with van der Waals surface area (Å²) in [5, 5.41) is 12.6. The molecule has 0 bridgehead atoms. The van der Waals surface area contributed by atoms with Crippen molar-refractivity contribution in [1.82, 2.24) is 10.6 Å². The van der Waals surface area contributed by atoms with E-state index in [2.05, 4.69) is 5.32 Å². The van der Waals surface area contributed by atoms with Crippen LogP contribution in [0.2, 0.25) is 0 Å². The molecule has 0 spiro atoms. The van der Waals surface area contributed by atoms with Crippen molar-refractivity contribution >= 4 is 12.0 Å². The Labute approximate surface area is 84.8 Å². The van der Waals surface area contributed by atoms with Crippen molar-refractivity contribution in [3.05, 3.63) is 0 Å². The lowest BCUT2D eigenvalue weighted by atomic mass is 9.88. The molecule has 1 atom stereocenters. The number of alkyl halides is 2. The van der Waals surface area contributed by atoms with Crippen LogP contribution < -0.4 is 10.6 Å². The largest absolute Gasteiger partial charge is 0.465 e. The summed E-state index contributed by atoms with van der Waals surface area (Å²) < 4.78 is 24.8. The molecule has 0 aliphatic heterocycles. The monoisotopic (exact) mass is 222 g/mol.